The summed E-state index contributed by atoms with van der Waals surface area (Å²) in [6, 6.07) is 2.86. The molecule has 1 saturated heterocycles. The molecule has 2 aliphatic rings. The number of hydrogen-bond donors (Lipinski definition) is 1. The first-order chi connectivity index (χ1) is 8.84. The highest BCUT2D eigenvalue weighted by molar-refractivity contribution is 7.07. The van der Waals surface area contributed by atoms with Crippen LogP contribution in [0.1, 0.15) is 44.1 Å². The van der Waals surface area contributed by atoms with Crippen LogP contribution in [0, 0.1) is 5.92 Å². The molecular formula is C15H23NOS. The van der Waals surface area contributed by atoms with Gasteiger partial charge in [-0.25, -0.2) is 0 Å². The Morgan fingerprint density at radius 3 is 2.89 bits per heavy atom. The summed E-state index contributed by atoms with van der Waals surface area (Å²) in [5.74, 6) is 0.531. The number of thiophene rings is 1. The monoisotopic (exact) mass is 265 g/mol. The molecular weight excluding hydrogens is 242 g/mol. The van der Waals surface area contributed by atoms with E-state index >= 15 is 0 Å². The van der Waals surface area contributed by atoms with Gasteiger partial charge >= 0.3 is 0 Å². The number of hydrogen-bond acceptors (Lipinski definition) is 3. The number of nitrogens with zero attached hydrogens (tertiary/aromatic N) is 1. The minimum atomic E-state index is -0.0434. The Balaban J connectivity index is 1.69. The van der Waals surface area contributed by atoms with Gasteiger partial charge in [0, 0.05) is 18.5 Å². The fourth-order valence-corrected chi connectivity index (χ4v) is 4.39. The zero-order chi connectivity index (χ0) is 12.4. The Morgan fingerprint density at radius 1 is 1.22 bits per heavy atom. The molecule has 0 radical (unpaired) electrons. The topological polar surface area (TPSA) is 23.5 Å². The zero-order valence-electron chi connectivity index (χ0n) is 10.9. The van der Waals surface area contributed by atoms with Gasteiger partial charge in [-0.05, 0) is 54.6 Å². The van der Waals surface area contributed by atoms with Crippen LogP contribution < -0.4 is 0 Å². The average molecular weight is 265 g/mol. The maximum absolute atomic E-state index is 10.2. The van der Waals surface area contributed by atoms with Crippen molar-refractivity contribution < 1.29 is 5.11 Å². The summed E-state index contributed by atoms with van der Waals surface area (Å²) in [5.41, 5.74) is 1.44. The van der Waals surface area contributed by atoms with Gasteiger partial charge in [0.15, 0.2) is 0 Å². The molecule has 0 bridgehead atoms. The smallest absolute Gasteiger partial charge is 0.0583 e. The van der Waals surface area contributed by atoms with Gasteiger partial charge in [0.1, 0.15) is 0 Å². The summed E-state index contributed by atoms with van der Waals surface area (Å²) in [6.45, 7) is 2.29. The van der Waals surface area contributed by atoms with Crippen LogP contribution >= 0.6 is 11.3 Å². The van der Waals surface area contributed by atoms with Crippen molar-refractivity contribution in [3.8, 4) is 0 Å². The number of likely N-dealkylation sites (tertiary alicyclic amines) is 1. The van der Waals surface area contributed by atoms with Crippen LogP contribution in [0.2, 0.25) is 0 Å². The summed E-state index contributed by atoms with van der Waals surface area (Å²) in [4.78, 5) is 2.63. The van der Waals surface area contributed by atoms with E-state index in [1.165, 1.54) is 44.2 Å². The highest BCUT2D eigenvalue weighted by atomic mass is 32.1. The summed E-state index contributed by atoms with van der Waals surface area (Å²) in [5, 5.41) is 14.6. The van der Waals surface area contributed by atoms with Gasteiger partial charge in [0.05, 0.1) is 6.10 Å². The molecule has 1 aromatic heterocycles. The van der Waals surface area contributed by atoms with Crippen LogP contribution in [-0.4, -0.2) is 28.7 Å². The summed E-state index contributed by atoms with van der Waals surface area (Å²) in [7, 11) is 0. The van der Waals surface area contributed by atoms with Gasteiger partial charge in [-0.2, -0.15) is 11.3 Å². The summed E-state index contributed by atoms with van der Waals surface area (Å²) >= 11 is 1.79. The lowest BCUT2D eigenvalue weighted by molar-refractivity contribution is 0.0313. The molecule has 0 aromatic carbocycles. The van der Waals surface area contributed by atoms with Gasteiger partial charge < -0.3 is 5.11 Å². The molecule has 3 heteroatoms. The third-order valence-corrected chi connectivity index (χ3v) is 5.39. The van der Waals surface area contributed by atoms with E-state index in [2.05, 4.69) is 21.7 Å². The molecule has 0 spiro atoms. The second-order valence-electron chi connectivity index (χ2n) is 5.83. The van der Waals surface area contributed by atoms with Gasteiger partial charge in [-0.15, -0.1) is 0 Å². The molecule has 2 nitrogen and oxygen atoms in total. The van der Waals surface area contributed by atoms with Crippen molar-refractivity contribution in [1.29, 1.82) is 0 Å². The van der Waals surface area contributed by atoms with Crippen LogP contribution in [0.25, 0.3) is 0 Å². The molecule has 1 aromatic rings. The van der Waals surface area contributed by atoms with Crippen molar-refractivity contribution in [2.45, 2.75) is 57.2 Å². The summed E-state index contributed by atoms with van der Waals surface area (Å²) < 4.78 is 0. The zero-order valence-corrected chi connectivity index (χ0v) is 11.7. The van der Waals surface area contributed by atoms with E-state index in [9.17, 15) is 5.11 Å². The number of rotatable bonds is 3. The van der Waals surface area contributed by atoms with Gasteiger partial charge in [-0.3, -0.25) is 4.90 Å². The van der Waals surface area contributed by atoms with Gasteiger partial charge in [0.2, 0.25) is 0 Å². The summed E-state index contributed by atoms with van der Waals surface area (Å²) in [6.07, 6.45) is 7.37. The predicted octanol–water partition coefficient (Wildman–Crippen LogP) is 3.26. The van der Waals surface area contributed by atoms with E-state index in [0.717, 1.165) is 13.0 Å². The van der Waals surface area contributed by atoms with Crippen molar-refractivity contribution >= 4 is 11.3 Å². The first-order valence-corrected chi connectivity index (χ1v) is 8.22. The molecule has 2 heterocycles. The Bertz CT molecular complexity index is 365. The van der Waals surface area contributed by atoms with Crippen LogP contribution in [-0.2, 0) is 6.54 Å². The van der Waals surface area contributed by atoms with E-state index in [4.69, 9.17) is 0 Å². The largest absolute Gasteiger partial charge is 0.393 e. The molecule has 3 rings (SSSR count). The van der Waals surface area contributed by atoms with E-state index in [0.29, 0.717) is 12.0 Å². The van der Waals surface area contributed by atoms with Crippen molar-refractivity contribution in [2.75, 3.05) is 6.54 Å². The van der Waals surface area contributed by atoms with Crippen LogP contribution in [0.4, 0.5) is 0 Å². The van der Waals surface area contributed by atoms with E-state index in [-0.39, 0.29) is 6.10 Å². The maximum atomic E-state index is 10.2. The van der Waals surface area contributed by atoms with Crippen LogP contribution in [0.15, 0.2) is 16.8 Å². The van der Waals surface area contributed by atoms with Crippen LogP contribution in [0.5, 0.6) is 0 Å². The van der Waals surface area contributed by atoms with Gasteiger partial charge in [-0.1, -0.05) is 12.8 Å². The lowest BCUT2D eigenvalue weighted by Gasteiger charge is -2.40. The molecule has 1 saturated carbocycles. The highest BCUT2D eigenvalue weighted by Gasteiger charge is 2.36. The highest BCUT2D eigenvalue weighted by Crippen LogP contribution is 2.35. The molecule has 3 atom stereocenters. The lowest BCUT2D eigenvalue weighted by atomic mass is 9.87. The first kappa shape index (κ1) is 12.6. The Labute approximate surface area is 114 Å². The molecule has 0 amide bonds. The lowest BCUT2D eigenvalue weighted by Crippen LogP contribution is -2.45. The first-order valence-electron chi connectivity index (χ1n) is 7.28. The molecule has 18 heavy (non-hydrogen) atoms. The van der Waals surface area contributed by atoms with Gasteiger partial charge in [0.25, 0.3) is 0 Å². The SMILES string of the molecule is OC1CCCC1C1CCCCN1Cc1ccsc1. The van der Waals surface area contributed by atoms with E-state index in [1.54, 1.807) is 11.3 Å². The fraction of sp³-hybridized carbons (Fsp3) is 0.733. The number of piperidine rings is 1. The number of aliphatic hydroxyl groups excluding tert-OH is 1. The molecule has 1 aliphatic carbocycles. The predicted molar refractivity (Wildman–Crippen MR) is 75.7 cm³/mol. The minimum Gasteiger partial charge on any atom is -0.393 e. The second-order valence-corrected chi connectivity index (χ2v) is 6.61. The molecule has 1 N–H and O–H groups in total. The maximum Gasteiger partial charge on any atom is 0.0583 e. The normalized spacial score (nSPS) is 33.9. The molecule has 2 fully saturated rings. The fourth-order valence-electron chi connectivity index (χ4n) is 3.73. The molecule has 1 aliphatic heterocycles. The standard InChI is InChI=1S/C15H23NOS/c17-15-6-3-4-13(15)14-5-1-2-8-16(14)10-12-7-9-18-11-12/h7,9,11,13-15,17H,1-6,8,10H2. The third-order valence-electron chi connectivity index (χ3n) is 4.66. The quantitative estimate of drug-likeness (QED) is 0.906. The minimum absolute atomic E-state index is 0.0434. The van der Waals surface area contributed by atoms with Crippen molar-refractivity contribution in [3.63, 3.8) is 0 Å². The van der Waals surface area contributed by atoms with Crippen molar-refractivity contribution in [2.24, 2.45) is 5.92 Å². The Hall–Kier alpha value is -0.380. The third kappa shape index (κ3) is 2.63. The Kier molecular flexibility index (Phi) is 4.02. The van der Waals surface area contributed by atoms with E-state index in [1.807, 2.05) is 0 Å². The Morgan fingerprint density at radius 2 is 2.17 bits per heavy atom. The average Bonchev–Trinajstić information content (AvgIpc) is 3.02. The van der Waals surface area contributed by atoms with Crippen molar-refractivity contribution in [1.82, 2.24) is 4.90 Å². The number of aliphatic hydroxyl groups is 1. The molecule has 100 valence electrons. The molecule has 3 unspecified atom stereocenters. The second kappa shape index (κ2) is 5.72. The van der Waals surface area contributed by atoms with Crippen molar-refractivity contribution in [3.05, 3.63) is 22.4 Å². The van der Waals surface area contributed by atoms with E-state index < -0.39 is 0 Å². The van der Waals surface area contributed by atoms with Crippen LogP contribution in [0.3, 0.4) is 0 Å².